The van der Waals surface area contributed by atoms with Crippen molar-refractivity contribution in [1.29, 1.82) is 0 Å². The number of hydrogen-bond acceptors (Lipinski definition) is 1. The van der Waals surface area contributed by atoms with E-state index in [0.29, 0.717) is 0 Å². The summed E-state index contributed by atoms with van der Waals surface area (Å²) in [6, 6.07) is 14.5. The molecule has 1 nitrogen and oxygen atoms in total. The van der Waals surface area contributed by atoms with E-state index in [-0.39, 0.29) is 6.10 Å². The molecule has 0 N–H and O–H groups in total. The first kappa shape index (κ1) is 10.0. The molecule has 0 saturated heterocycles. The third-order valence-electron chi connectivity index (χ3n) is 2.65. The molecule has 2 aromatic rings. The van der Waals surface area contributed by atoms with Crippen molar-refractivity contribution in [2.24, 2.45) is 0 Å². The van der Waals surface area contributed by atoms with E-state index in [1.165, 1.54) is 10.8 Å². The Balaban J connectivity index is 2.42. The van der Waals surface area contributed by atoms with E-state index in [0.717, 1.165) is 12.2 Å². The molecule has 1 atom stereocenters. The zero-order valence-corrected chi connectivity index (χ0v) is 9.23. The molecule has 15 heavy (non-hydrogen) atoms. The van der Waals surface area contributed by atoms with E-state index in [9.17, 15) is 0 Å². The van der Waals surface area contributed by atoms with Gasteiger partial charge in [0.05, 0.1) is 6.10 Å². The van der Waals surface area contributed by atoms with Crippen LogP contribution in [0.2, 0.25) is 0 Å². The Morgan fingerprint density at radius 3 is 2.60 bits per heavy atom. The van der Waals surface area contributed by atoms with E-state index in [1.54, 1.807) is 0 Å². The molecule has 0 spiro atoms. The zero-order chi connectivity index (χ0) is 10.7. The van der Waals surface area contributed by atoms with Gasteiger partial charge in [-0.3, -0.25) is 0 Å². The number of rotatable bonds is 3. The molecule has 0 fully saturated rings. The Hall–Kier alpha value is -1.50. The van der Waals surface area contributed by atoms with Crippen LogP contribution in [0.5, 0.6) is 5.75 Å². The molecular weight excluding hydrogens is 184 g/mol. The summed E-state index contributed by atoms with van der Waals surface area (Å²) < 4.78 is 5.88. The van der Waals surface area contributed by atoms with Crippen LogP contribution in [0.1, 0.15) is 20.3 Å². The average Bonchev–Trinajstić information content (AvgIpc) is 2.29. The molecule has 0 aliphatic rings. The number of ether oxygens (including phenoxy) is 1. The molecule has 0 bridgehead atoms. The van der Waals surface area contributed by atoms with Gasteiger partial charge >= 0.3 is 0 Å². The second-order valence-corrected chi connectivity index (χ2v) is 3.81. The van der Waals surface area contributed by atoms with Crippen LogP contribution >= 0.6 is 0 Å². The molecule has 0 heterocycles. The summed E-state index contributed by atoms with van der Waals surface area (Å²) in [5.74, 6) is 0.988. The lowest BCUT2D eigenvalue weighted by molar-refractivity contribution is 0.220. The first-order valence-electron chi connectivity index (χ1n) is 5.45. The summed E-state index contributed by atoms with van der Waals surface area (Å²) in [4.78, 5) is 0. The Morgan fingerprint density at radius 1 is 1.07 bits per heavy atom. The van der Waals surface area contributed by atoms with Crippen LogP contribution in [0.25, 0.3) is 10.8 Å². The minimum atomic E-state index is 0.274. The molecule has 0 saturated carbocycles. The van der Waals surface area contributed by atoms with Gasteiger partial charge < -0.3 is 4.74 Å². The van der Waals surface area contributed by atoms with Crippen LogP contribution in [0, 0.1) is 0 Å². The van der Waals surface area contributed by atoms with Crippen LogP contribution in [-0.4, -0.2) is 6.10 Å². The number of benzene rings is 2. The lowest BCUT2D eigenvalue weighted by atomic mass is 10.1. The summed E-state index contributed by atoms with van der Waals surface area (Å²) >= 11 is 0. The molecule has 0 unspecified atom stereocenters. The van der Waals surface area contributed by atoms with Crippen molar-refractivity contribution in [3.05, 3.63) is 42.5 Å². The van der Waals surface area contributed by atoms with Gasteiger partial charge in [-0.25, -0.2) is 0 Å². The maximum atomic E-state index is 5.88. The normalized spacial score (nSPS) is 12.7. The van der Waals surface area contributed by atoms with Gasteiger partial charge in [-0.05, 0) is 24.8 Å². The largest absolute Gasteiger partial charge is 0.490 e. The molecule has 78 valence electrons. The topological polar surface area (TPSA) is 9.23 Å². The molecule has 1 heteroatoms. The average molecular weight is 200 g/mol. The van der Waals surface area contributed by atoms with Gasteiger partial charge in [0.15, 0.2) is 0 Å². The second kappa shape index (κ2) is 4.35. The van der Waals surface area contributed by atoms with Gasteiger partial charge in [-0.15, -0.1) is 0 Å². The van der Waals surface area contributed by atoms with Gasteiger partial charge in [-0.1, -0.05) is 43.3 Å². The van der Waals surface area contributed by atoms with Crippen LogP contribution in [0.4, 0.5) is 0 Å². The van der Waals surface area contributed by atoms with E-state index >= 15 is 0 Å². The Morgan fingerprint density at radius 2 is 1.80 bits per heavy atom. The number of hydrogen-bond donors (Lipinski definition) is 0. The third-order valence-corrected chi connectivity index (χ3v) is 2.65. The molecule has 0 aliphatic carbocycles. The fraction of sp³-hybridized carbons (Fsp3) is 0.286. The van der Waals surface area contributed by atoms with Gasteiger partial charge in [-0.2, -0.15) is 0 Å². The maximum absolute atomic E-state index is 5.88. The van der Waals surface area contributed by atoms with Crippen molar-refractivity contribution in [3.63, 3.8) is 0 Å². The smallest absolute Gasteiger partial charge is 0.127 e. The Labute approximate surface area is 90.7 Å². The SMILES string of the molecule is CC[C@@H](C)Oc1cccc2ccccc12. The number of fused-ring (bicyclic) bond motifs is 1. The van der Waals surface area contributed by atoms with Gasteiger partial charge in [0.1, 0.15) is 5.75 Å². The highest BCUT2D eigenvalue weighted by Gasteiger charge is 2.04. The molecule has 2 aromatic carbocycles. The van der Waals surface area contributed by atoms with Crippen molar-refractivity contribution in [2.45, 2.75) is 26.4 Å². The molecule has 2 rings (SSSR count). The van der Waals surface area contributed by atoms with E-state index in [1.807, 2.05) is 18.2 Å². The molecule has 0 aliphatic heterocycles. The van der Waals surface area contributed by atoms with Gasteiger partial charge in [0.2, 0.25) is 0 Å². The van der Waals surface area contributed by atoms with Crippen molar-refractivity contribution >= 4 is 10.8 Å². The Kier molecular flexibility index (Phi) is 2.91. The zero-order valence-electron chi connectivity index (χ0n) is 9.23. The standard InChI is InChI=1S/C14H16O/c1-3-11(2)15-14-10-6-8-12-7-4-5-9-13(12)14/h4-11H,3H2,1-2H3/t11-/m1/s1. The van der Waals surface area contributed by atoms with E-state index < -0.39 is 0 Å². The molecule has 0 aromatic heterocycles. The fourth-order valence-corrected chi connectivity index (χ4v) is 1.60. The van der Waals surface area contributed by atoms with E-state index in [2.05, 4.69) is 38.1 Å². The predicted molar refractivity (Wildman–Crippen MR) is 64.3 cm³/mol. The van der Waals surface area contributed by atoms with E-state index in [4.69, 9.17) is 4.74 Å². The highest BCUT2D eigenvalue weighted by molar-refractivity contribution is 5.88. The molecule has 0 amide bonds. The van der Waals surface area contributed by atoms with Crippen molar-refractivity contribution in [1.82, 2.24) is 0 Å². The van der Waals surface area contributed by atoms with Crippen molar-refractivity contribution < 1.29 is 4.74 Å². The van der Waals surface area contributed by atoms with Crippen LogP contribution < -0.4 is 4.74 Å². The van der Waals surface area contributed by atoms with Crippen LogP contribution in [0.3, 0.4) is 0 Å². The minimum Gasteiger partial charge on any atom is -0.490 e. The lowest BCUT2D eigenvalue weighted by Gasteiger charge is -2.14. The van der Waals surface area contributed by atoms with Crippen LogP contribution in [0.15, 0.2) is 42.5 Å². The second-order valence-electron chi connectivity index (χ2n) is 3.81. The summed E-state index contributed by atoms with van der Waals surface area (Å²) in [6.07, 6.45) is 1.30. The van der Waals surface area contributed by atoms with Gasteiger partial charge in [0.25, 0.3) is 0 Å². The third kappa shape index (κ3) is 2.12. The Bertz CT molecular complexity index is 443. The first-order chi connectivity index (χ1) is 7.31. The summed E-state index contributed by atoms with van der Waals surface area (Å²) in [5, 5.41) is 2.43. The highest BCUT2D eigenvalue weighted by Crippen LogP contribution is 2.26. The molecule has 0 radical (unpaired) electrons. The van der Waals surface area contributed by atoms with Crippen molar-refractivity contribution in [2.75, 3.05) is 0 Å². The summed E-state index contributed by atoms with van der Waals surface area (Å²) in [7, 11) is 0. The quantitative estimate of drug-likeness (QED) is 0.727. The predicted octanol–water partition coefficient (Wildman–Crippen LogP) is 4.02. The first-order valence-corrected chi connectivity index (χ1v) is 5.45. The lowest BCUT2D eigenvalue weighted by Crippen LogP contribution is -2.09. The monoisotopic (exact) mass is 200 g/mol. The highest BCUT2D eigenvalue weighted by atomic mass is 16.5. The van der Waals surface area contributed by atoms with Crippen LogP contribution in [-0.2, 0) is 0 Å². The summed E-state index contributed by atoms with van der Waals surface area (Å²) in [6.45, 7) is 4.23. The summed E-state index contributed by atoms with van der Waals surface area (Å²) in [5.41, 5.74) is 0. The fourth-order valence-electron chi connectivity index (χ4n) is 1.60. The maximum Gasteiger partial charge on any atom is 0.127 e. The van der Waals surface area contributed by atoms with Gasteiger partial charge in [0, 0.05) is 5.39 Å². The van der Waals surface area contributed by atoms with Crippen molar-refractivity contribution in [3.8, 4) is 5.75 Å². The molecular formula is C14H16O. The minimum absolute atomic E-state index is 0.274.